The van der Waals surface area contributed by atoms with Crippen molar-refractivity contribution >= 4 is 11.6 Å². The predicted octanol–water partition coefficient (Wildman–Crippen LogP) is 2.82. The molecule has 0 radical (unpaired) electrons. The van der Waals surface area contributed by atoms with Gasteiger partial charge in [0.25, 0.3) is 5.56 Å². The van der Waals surface area contributed by atoms with Crippen molar-refractivity contribution in [3.63, 3.8) is 0 Å². The van der Waals surface area contributed by atoms with Crippen LogP contribution in [0.15, 0.2) is 33.9 Å². The smallest absolute Gasteiger partial charge is 0.297 e. The molecule has 1 heterocycles. The lowest BCUT2D eigenvalue weighted by Gasteiger charge is -2.10. The Bertz CT molecular complexity index is 807. The third-order valence-corrected chi connectivity index (χ3v) is 4.53. The molecule has 2 unspecified atom stereocenters. The molecule has 3 rings (SSSR count). The number of H-pyrrole nitrogens is 1. The molecule has 0 bridgehead atoms. The minimum atomic E-state index is -0.429. The van der Waals surface area contributed by atoms with Gasteiger partial charge in [-0.05, 0) is 36.3 Å². The molecule has 1 aromatic heterocycles. The fraction of sp³-hybridized carbons (Fsp3) is 0.375. The molecule has 0 aliphatic heterocycles. The second-order valence-corrected chi connectivity index (χ2v) is 6.20. The zero-order valence-electron chi connectivity index (χ0n) is 12.0. The SMILES string of the molecule is Cc1ccccc1-c1c(Cl)[nH]c(=O)n(CC2CC2C)c1=O. The lowest BCUT2D eigenvalue weighted by Crippen LogP contribution is -2.37. The topological polar surface area (TPSA) is 54.9 Å². The van der Waals surface area contributed by atoms with Crippen LogP contribution in [0.1, 0.15) is 18.9 Å². The Morgan fingerprint density at radius 2 is 2.00 bits per heavy atom. The van der Waals surface area contributed by atoms with Crippen LogP contribution in [0.2, 0.25) is 5.15 Å². The monoisotopic (exact) mass is 304 g/mol. The number of halogens is 1. The quantitative estimate of drug-likeness (QED) is 0.887. The van der Waals surface area contributed by atoms with Gasteiger partial charge in [0.2, 0.25) is 0 Å². The van der Waals surface area contributed by atoms with E-state index in [9.17, 15) is 9.59 Å². The van der Waals surface area contributed by atoms with Crippen molar-refractivity contribution in [2.45, 2.75) is 26.8 Å². The molecule has 5 heteroatoms. The summed E-state index contributed by atoms with van der Waals surface area (Å²) in [6, 6.07) is 7.53. The van der Waals surface area contributed by atoms with Crippen LogP contribution in [-0.2, 0) is 6.54 Å². The van der Waals surface area contributed by atoms with E-state index in [0.29, 0.717) is 23.9 Å². The first-order valence-electron chi connectivity index (χ1n) is 7.07. The Morgan fingerprint density at radius 1 is 1.33 bits per heavy atom. The molecular formula is C16H17ClN2O2. The van der Waals surface area contributed by atoms with E-state index in [1.165, 1.54) is 4.57 Å². The van der Waals surface area contributed by atoms with E-state index in [2.05, 4.69) is 11.9 Å². The standard InChI is InChI=1S/C16H17ClN2O2/c1-9-5-3-4-6-12(9)13-14(17)18-16(21)19(15(13)20)8-11-7-10(11)2/h3-6,10-11H,7-8H2,1-2H3,(H,18,21). The largest absolute Gasteiger partial charge is 0.329 e. The van der Waals surface area contributed by atoms with Crippen LogP contribution in [0.5, 0.6) is 0 Å². The molecule has 2 aromatic rings. The van der Waals surface area contributed by atoms with Gasteiger partial charge in [0.05, 0.1) is 5.56 Å². The summed E-state index contributed by atoms with van der Waals surface area (Å²) in [5.74, 6) is 0.989. The zero-order valence-corrected chi connectivity index (χ0v) is 12.8. The molecule has 1 N–H and O–H groups in total. The number of aromatic amines is 1. The van der Waals surface area contributed by atoms with Crippen molar-refractivity contribution in [2.75, 3.05) is 0 Å². The van der Waals surface area contributed by atoms with Crippen LogP contribution in [0.3, 0.4) is 0 Å². The van der Waals surface area contributed by atoms with Gasteiger partial charge in [0.1, 0.15) is 5.15 Å². The lowest BCUT2D eigenvalue weighted by molar-refractivity contribution is 0.552. The molecule has 21 heavy (non-hydrogen) atoms. The summed E-state index contributed by atoms with van der Waals surface area (Å²) in [6.45, 7) is 4.51. The van der Waals surface area contributed by atoms with Gasteiger partial charge >= 0.3 is 5.69 Å². The second-order valence-electron chi connectivity index (χ2n) is 5.82. The fourth-order valence-corrected chi connectivity index (χ4v) is 2.95. The number of aryl methyl sites for hydroxylation is 1. The Balaban J connectivity index is 2.17. The van der Waals surface area contributed by atoms with Crippen LogP contribution >= 0.6 is 11.6 Å². The van der Waals surface area contributed by atoms with E-state index in [4.69, 9.17) is 11.6 Å². The molecule has 0 amide bonds. The molecule has 110 valence electrons. The molecular weight excluding hydrogens is 288 g/mol. The maximum absolute atomic E-state index is 12.7. The van der Waals surface area contributed by atoms with Crippen molar-refractivity contribution in [1.82, 2.24) is 9.55 Å². The highest BCUT2D eigenvalue weighted by Gasteiger charge is 2.33. The first-order valence-corrected chi connectivity index (χ1v) is 7.45. The van der Waals surface area contributed by atoms with Gasteiger partial charge < -0.3 is 0 Å². The molecule has 1 aliphatic rings. The Kier molecular flexibility index (Phi) is 3.49. The van der Waals surface area contributed by atoms with Crippen LogP contribution in [0, 0.1) is 18.8 Å². The Hall–Kier alpha value is -1.81. The van der Waals surface area contributed by atoms with Gasteiger partial charge in [0.15, 0.2) is 0 Å². The number of rotatable bonds is 3. The van der Waals surface area contributed by atoms with Crippen molar-refractivity contribution in [3.8, 4) is 11.1 Å². The summed E-state index contributed by atoms with van der Waals surface area (Å²) in [5.41, 5.74) is 1.36. The van der Waals surface area contributed by atoms with Crippen LogP contribution in [0.4, 0.5) is 0 Å². The summed E-state index contributed by atoms with van der Waals surface area (Å²) in [4.78, 5) is 27.3. The van der Waals surface area contributed by atoms with Crippen LogP contribution in [-0.4, -0.2) is 9.55 Å². The van der Waals surface area contributed by atoms with Gasteiger partial charge in [-0.1, -0.05) is 42.8 Å². The van der Waals surface area contributed by atoms with Crippen LogP contribution in [0.25, 0.3) is 11.1 Å². The summed E-state index contributed by atoms with van der Waals surface area (Å²) in [7, 11) is 0. The van der Waals surface area contributed by atoms with Gasteiger partial charge in [-0.2, -0.15) is 0 Å². The molecule has 1 saturated carbocycles. The normalized spacial score (nSPS) is 20.5. The second kappa shape index (κ2) is 5.19. The van der Waals surface area contributed by atoms with E-state index in [-0.39, 0.29) is 10.7 Å². The van der Waals surface area contributed by atoms with Gasteiger partial charge in [-0.3, -0.25) is 14.3 Å². The first kappa shape index (κ1) is 14.1. The van der Waals surface area contributed by atoms with E-state index in [1.807, 2.05) is 31.2 Å². The van der Waals surface area contributed by atoms with Crippen molar-refractivity contribution < 1.29 is 0 Å². The number of hydrogen-bond acceptors (Lipinski definition) is 2. The van der Waals surface area contributed by atoms with Gasteiger partial charge in [-0.25, -0.2) is 4.79 Å². The average molecular weight is 305 g/mol. The third kappa shape index (κ3) is 2.56. The first-order chi connectivity index (χ1) is 9.99. The van der Waals surface area contributed by atoms with Crippen molar-refractivity contribution in [3.05, 3.63) is 55.8 Å². The predicted molar refractivity (Wildman–Crippen MR) is 83.8 cm³/mol. The van der Waals surface area contributed by atoms with Crippen molar-refractivity contribution in [1.29, 1.82) is 0 Å². The Morgan fingerprint density at radius 3 is 2.62 bits per heavy atom. The number of hydrogen-bond donors (Lipinski definition) is 1. The number of nitrogens with zero attached hydrogens (tertiary/aromatic N) is 1. The lowest BCUT2D eigenvalue weighted by atomic mass is 10.0. The number of aromatic nitrogens is 2. The Labute approximate surface area is 127 Å². The molecule has 0 saturated heterocycles. The highest BCUT2D eigenvalue weighted by Crippen LogP contribution is 2.38. The summed E-state index contributed by atoms with van der Waals surface area (Å²) in [5, 5.41) is 0.111. The number of nitrogens with one attached hydrogen (secondary N) is 1. The molecule has 1 aliphatic carbocycles. The van der Waals surface area contributed by atoms with E-state index >= 15 is 0 Å². The highest BCUT2D eigenvalue weighted by atomic mass is 35.5. The third-order valence-electron chi connectivity index (χ3n) is 4.25. The van der Waals surface area contributed by atoms with Crippen molar-refractivity contribution in [2.24, 2.45) is 11.8 Å². The highest BCUT2D eigenvalue weighted by molar-refractivity contribution is 6.32. The minimum absolute atomic E-state index is 0.111. The summed E-state index contributed by atoms with van der Waals surface area (Å²) >= 11 is 6.13. The van der Waals surface area contributed by atoms with Crippen LogP contribution < -0.4 is 11.2 Å². The van der Waals surface area contributed by atoms with E-state index in [1.54, 1.807) is 0 Å². The summed E-state index contributed by atoms with van der Waals surface area (Å²) in [6.07, 6.45) is 1.06. The summed E-state index contributed by atoms with van der Waals surface area (Å²) < 4.78 is 1.28. The van der Waals surface area contributed by atoms with Gasteiger partial charge in [0, 0.05) is 6.54 Å². The zero-order chi connectivity index (χ0) is 15.1. The van der Waals surface area contributed by atoms with E-state index < -0.39 is 5.69 Å². The molecule has 1 aromatic carbocycles. The fourth-order valence-electron chi connectivity index (χ4n) is 2.69. The molecule has 4 nitrogen and oxygen atoms in total. The number of benzene rings is 1. The molecule has 0 spiro atoms. The molecule has 2 atom stereocenters. The molecule has 1 fully saturated rings. The van der Waals surface area contributed by atoms with E-state index in [0.717, 1.165) is 17.5 Å². The minimum Gasteiger partial charge on any atom is -0.297 e. The maximum Gasteiger partial charge on any atom is 0.329 e. The maximum atomic E-state index is 12.7. The van der Waals surface area contributed by atoms with Gasteiger partial charge in [-0.15, -0.1) is 0 Å². The average Bonchev–Trinajstić information content (AvgIpc) is 3.12.